The lowest BCUT2D eigenvalue weighted by Gasteiger charge is -2.32. The Bertz CT molecular complexity index is 1180. The maximum Gasteiger partial charge on any atom is 0.243 e. The fourth-order valence-corrected chi connectivity index (χ4v) is 5.97. The Morgan fingerprint density at radius 2 is 1.65 bits per heavy atom. The average molecular weight is 535 g/mol. The molecule has 0 spiro atoms. The second kappa shape index (κ2) is 13.7. The van der Waals surface area contributed by atoms with Crippen LogP contribution < -0.4 is 5.32 Å². The van der Waals surface area contributed by atoms with Crippen LogP contribution in [0.5, 0.6) is 0 Å². The molecule has 0 unspecified atom stereocenters. The normalized spacial score (nSPS) is 14.3. The van der Waals surface area contributed by atoms with Gasteiger partial charge < -0.3 is 10.2 Å². The van der Waals surface area contributed by atoms with Gasteiger partial charge in [-0.15, -0.1) is 11.8 Å². The molecule has 2 amide bonds. The Morgan fingerprint density at radius 3 is 2.38 bits per heavy atom. The predicted molar refractivity (Wildman–Crippen MR) is 154 cm³/mol. The molecule has 1 N–H and O–H groups in total. The van der Waals surface area contributed by atoms with Crippen molar-refractivity contribution in [2.24, 2.45) is 0 Å². The number of halogens is 1. The molecule has 3 aromatic carbocycles. The zero-order valence-corrected chi connectivity index (χ0v) is 22.9. The fraction of sp³-hybridized carbons (Fsp3) is 0.355. The van der Waals surface area contributed by atoms with Gasteiger partial charge in [0.25, 0.3) is 0 Å². The maximum absolute atomic E-state index is 13.8. The van der Waals surface area contributed by atoms with Gasteiger partial charge >= 0.3 is 0 Å². The molecule has 1 fully saturated rings. The van der Waals surface area contributed by atoms with Gasteiger partial charge in [0.1, 0.15) is 6.04 Å². The van der Waals surface area contributed by atoms with E-state index < -0.39 is 6.04 Å². The van der Waals surface area contributed by atoms with Gasteiger partial charge in [0.15, 0.2) is 0 Å². The van der Waals surface area contributed by atoms with Crippen LogP contribution in [-0.4, -0.2) is 34.6 Å². The van der Waals surface area contributed by atoms with Crippen LogP contribution in [0.1, 0.15) is 47.9 Å². The van der Waals surface area contributed by atoms with Crippen LogP contribution in [-0.2, 0) is 28.3 Å². The van der Waals surface area contributed by atoms with E-state index in [4.69, 9.17) is 11.6 Å². The third-order valence-electron chi connectivity index (χ3n) is 6.79. The molecule has 0 radical (unpaired) electrons. The summed E-state index contributed by atoms with van der Waals surface area (Å²) in [5.74, 6) is 0.885. The number of rotatable bonds is 11. The van der Waals surface area contributed by atoms with E-state index in [2.05, 4.69) is 11.4 Å². The van der Waals surface area contributed by atoms with Crippen LogP contribution in [0.25, 0.3) is 0 Å². The Morgan fingerprint density at radius 1 is 0.946 bits per heavy atom. The third kappa shape index (κ3) is 8.37. The molecular weight excluding hydrogens is 500 g/mol. The number of amides is 2. The molecule has 3 aromatic rings. The highest BCUT2D eigenvalue weighted by Crippen LogP contribution is 2.22. The van der Waals surface area contributed by atoms with E-state index in [0.29, 0.717) is 29.5 Å². The summed E-state index contributed by atoms with van der Waals surface area (Å²) in [6.07, 6.45) is 4.77. The summed E-state index contributed by atoms with van der Waals surface area (Å²) < 4.78 is 0. The van der Waals surface area contributed by atoms with Crippen LogP contribution in [0, 0.1) is 6.92 Å². The molecule has 0 bridgehead atoms. The Kier molecular flexibility index (Phi) is 10.1. The number of carbonyl (C=O) groups excluding carboxylic acids is 2. The smallest absolute Gasteiger partial charge is 0.243 e. The van der Waals surface area contributed by atoms with Crippen molar-refractivity contribution in [1.82, 2.24) is 10.2 Å². The first-order chi connectivity index (χ1) is 18.0. The van der Waals surface area contributed by atoms with Gasteiger partial charge in [-0.25, -0.2) is 0 Å². The Labute approximate surface area is 229 Å². The molecule has 1 saturated carbocycles. The molecule has 1 aliphatic rings. The van der Waals surface area contributed by atoms with Crippen molar-refractivity contribution in [3.05, 3.63) is 106 Å². The summed E-state index contributed by atoms with van der Waals surface area (Å²) in [7, 11) is 0. The summed E-state index contributed by atoms with van der Waals surface area (Å²) in [5.41, 5.74) is 4.29. The molecule has 194 valence electrons. The topological polar surface area (TPSA) is 49.4 Å². The lowest BCUT2D eigenvalue weighted by Crippen LogP contribution is -2.52. The van der Waals surface area contributed by atoms with Crippen LogP contribution in [0.2, 0.25) is 5.02 Å². The summed E-state index contributed by atoms with van der Waals surface area (Å²) in [4.78, 5) is 29.3. The van der Waals surface area contributed by atoms with E-state index in [-0.39, 0.29) is 17.9 Å². The highest BCUT2D eigenvalue weighted by Gasteiger charge is 2.32. The van der Waals surface area contributed by atoms with Gasteiger partial charge in [-0.1, -0.05) is 96.7 Å². The first-order valence-electron chi connectivity index (χ1n) is 13.0. The molecule has 1 atom stereocenters. The Balaban J connectivity index is 1.56. The molecule has 4 rings (SSSR count). The van der Waals surface area contributed by atoms with Crippen LogP contribution >= 0.6 is 23.4 Å². The second-order valence-electron chi connectivity index (χ2n) is 9.83. The van der Waals surface area contributed by atoms with E-state index in [1.165, 1.54) is 0 Å². The first-order valence-corrected chi connectivity index (χ1v) is 14.5. The van der Waals surface area contributed by atoms with E-state index in [1.807, 2.05) is 79.7 Å². The van der Waals surface area contributed by atoms with Crippen molar-refractivity contribution in [2.75, 3.05) is 5.75 Å². The number of nitrogens with zero attached hydrogens (tertiary/aromatic N) is 1. The SMILES string of the molecule is Cc1cccc(CN(C(=O)CSCc2cccc(Cl)c2)[C@H](Cc2ccccc2)C(=O)NC2CCCC2)c1. The Hall–Kier alpha value is -2.76. The van der Waals surface area contributed by atoms with Gasteiger partial charge in [0, 0.05) is 29.8 Å². The quantitative estimate of drug-likeness (QED) is 0.302. The zero-order valence-electron chi connectivity index (χ0n) is 21.4. The largest absolute Gasteiger partial charge is 0.352 e. The van der Waals surface area contributed by atoms with Crippen LogP contribution in [0.3, 0.4) is 0 Å². The van der Waals surface area contributed by atoms with Crippen molar-refractivity contribution in [3.63, 3.8) is 0 Å². The predicted octanol–water partition coefficient (Wildman–Crippen LogP) is 6.58. The molecule has 1 aliphatic carbocycles. The summed E-state index contributed by atoms with van der Waals surface area (Å²) in [6, 6.07) is 25.5. The summed E-state index contributed by atoms with van der Waals surface area (Å²) in [6.45, 7) is 2.44. The lowest BCUT2D eigenvalue weighted by atomic mass is 10.0. The number of hydrogen-bond acceptors (Lipinski definition) is 3. The van der Waals surface area contributed by atoms with Gasteiger partial charge in [-0.3, -0.25) is 9.59 Å². The van der Waals surface area contributed by atoms with E-state index in [0.717, 1.165) is 47.9 Å². The molecule has 0 aliphatic heterocycles. The molecule has 0 aromatic heterocycles. The highest BCUT2D eigenvalue weighted by molar-refractivity contribution is 7.99. The average Bonchev–Trinajstić information content (AvgIpc) is 3.40. The number of nitrogens with one attached hydrogen (secondary N) is 1. The van der Waals surface area contributed by atoms with Crippen molar-refractivity contribution < 1.29 is 9.59 Å². The standard InChI is InChI=1S/C31H35ClN2O2S/c1-23-9-7-12-25(17-23)20-34(30(35)22-37-21-26-13-8-14-27(32)18-26)29(19-24-10-3-2-4-11-24)31(36)33-28-15-5-6-16-28/h2-4,7-14,17-18,28-29H,5-6,15-16,19-22H2,1H3,(H,33,36)/t29-/m1/s1. The monoisotopic (exact) mass is 534 g/mol. The minimum Gasteiger partial charge on any atom is -0.352 e. The first kappa shape index (κ1) is 27.3. The summed E-state index contributed by atoms with van der Waals surface area (Å²) >= 11 is 7.69. The highest BCUT2D eigenvalue weighted by atomic mass is 35.5. The van der Waals surface area contributed by atoms with Gasteiger partial charge in [0.2, 0.25) is 11.8 Å². The molecule has 0 heterocycles. The minimum absolute atomic E-state index is 0.0314. The van der Waals surface area contributed by atoms with Gasteiger partial charge in [-0.05, 0) is 48.6 Å². The van der Waals surface area contributed by atoms with E-state index >= 15 is 0 Å². The van der Waals surface area contributed by atoms with Gasteiger partial charge in [-0.2, -0.15) is 0 Å². The van der Waals surface area contributed by atoms with E-state index in [9.17, 15) is 9.59 Å². The lowest BCUT2D eigenvalue weighted by molar-refractivity contribution is -0.139. The molecule has 0 saturated heterocycles. The van der Waals surface area contributed by atoms with Crippen molar-refractivity contribution in [1.29, 1.82) is 0 Å². The maximum atomic E-state index is 13.8. The van der Waals surface area contributed by atoms with Gasteiger partial charge in [0.05, 0.1) is 5.75 Å². The fourth-order valence-electron chi connectivity index (χ4n) is 4.89. The molecule has 6 heteroatoms. The van der Waals surface area contributed by atoms with Crippen molar-refractivity contribution in [2.45, 2.75) is 63.4 Å². The number of benzene rings is 3. The number of aryl methyl sites for hydroxylation is 1. The van der Waals surface area contributed by atoms with Crippen molar-refractivity contribution in [3.8, 4) is 0 Å². The second-order valence-corrected chi connectivity index (χ2v) is 11.3. The van der Waals surface area contributed by atoms with E-state index in [1.54, 1.807) is 16.7 Å². The van der Waals surface area contributed by atoms with Crippen LogP contribution in [0.15, 0.2) is 78.9 Å². The molecular formula is C31H35ClN2O2S. The number of carbonyl (C=O) groups is 2. The number of hydrogen-bond donors (Lipinski definition) is 1. The molecule has 4 nitrogen and oxygen atoms in total. The third-order valence-corrected chi connectivity index (χ3v) is 8.01. The number of thioether (sulfide) groups is 1. The van der Waals surface area contributed by atoms with Crippen LogP contribution in [0.4, 0.5) is 0 Å². The molecule has 37 heavy (non-hydrogen) atoms. The minimum atomic E-state index is -0.581. The summed E-state index contributed by atoms with van der Waals surface area (Å²) in [5, 5.41) is 3.96. The van der Waals surface area contributed by atoms with Crippen molar-refractivity contribution >= 4 is 35.2 Å². The zero-order chi connectivity index (χ0) is 26.0.